The summed E-state index contributed by atoms with van der Waals surface area (Å²) in [6.45, 7) is 14.9. The lowest BCUT2D eigenvalue weighted by molar-refractivity contribution is 0.614. The van der Waals surface area contributed by atoms with Crippen LogP contribution in [0.1, 0.15) is 77.1 Å². The zero-order chi connectivity index (χ0) is 28.9. The molecule has 0 spiro atoms. The molecule has 212 valence electrons. The molecule has 0 atom stereocenters. The van der Waals surface area contributed by atoms with Crippen LogP contribution in [0.5, 0.6) is 0 Å². The van der Waals surface area contributed by atoms with Crippen molar-refractivity contribution < 1.29 is 4.39 Å². The van der Waals surface area contributed by atoms with Gasteiger partial charge in [0.05, 0.1) is 0 Å². The summed E-state index contributed by atoms with van der Waals surface area (Å²) in [6, 6.07) is 3.65. The summed E-state index contributed by atoms with van der Waals surface area (Å²) in [7, 11) is 0. The monoisotopic (exact) mass is 540 g/mol. The summed E-state index contributed by atoms with van der Waals surface area (Å²) in [5.41, 5.74) is 8.08. The molecule has 1 N–H and O–H groups in total. The van der Waals surface area contributed by atoms with Crippen LogP contribution >= 0.6 is 0 Å². The van der Waals surface area contributed by atoms with Crippen molar-refractivity contribution in [1.29, 1.82) is 0 Å². The van der Waals surface area contributed by atoms with E-state index < -0.39 is 0 Å². The Morgan fingerprint density at radius 2 is 2.00 bits per heavy atom. The fourth-order valence-corrected chi connectivity index (χ4v) is 4.82. The van der Waals surface area contributed by atoms with Crippen LogP contribution in [-0.2, 0) is 6.54 Å². The van der Waals surface area contributed by atoms with Crippen LogP contribution in [0.25, 0.3) is 5.57 Å². The second-order valence-corrected chi connectivity index (χ2v) is 10.3. The van der Waals surface area contributed by atoms with Crippen molar-refractivity contribution in [3.8, 4) is 0 Å². The highest BCUT2D eigenvalue weighted by molar-refractivity contribution is 5.74. The number of unbranched alkanes of at least 4 members (excludes halogenated alkanes) is 1. The van der Waals surface area contributed by atoms with Crippen molar-refractivity contribution in [2.45, 2.75) is 73.8 Å². The highest BCUT2D eigenvalue weighted by Crippen LogP contribution is 2.30. The van der Waals surface area contributed by atoms with Gasteiger partial charge in [0, 0.05) is 48.9 Å². The Morgan fingerprint density at radius 3 is 2.73 bits per heavy atom. The van der Waals surface area contributed by atoms with Gasteiger partial charge in [-0.1, -0.05) is 80.0 Å². The Labute approximate surface area is 240 Å². The van der Waals surface area contributed by atoms with Gasteiger partial charge in [-0.25, -0.2) is 9.37 Å². The molecule has 4 nitrogen and oxygen atoms in total. The quantitative estimate of drug-likeness (QED) is 0.272. The highest BCUT2D eigenvalue weighted by Gasteiger charge is 2.18. The first-order valence-electron chi connectivity index (χ1n) is 14.5. The van der Waals surface area contributed by atoms with Gasteiger partial charge in [-0.2, -0.15) is 0 Å². The summed E-state index contributed by atoms with van der Waals surface area (Å²) < 4.78 is 15.2. The second kappa shape index (κ2) is 15.8. The first kappa shape index (κ1) is 30.8. The molecule has 0 aliphatic carbocycles. The zero-order valence-electron chi connectivity index (χ0n) is 25.1. The molecule has 1 aliphatic heterocycles. The number of nitrogens with zero attached hydrogens (tertiary/aromatic N) is 3. The van der Waals surface area contributed by atoms with Crippen LogP contribution in [0.4, 0.5) is 15.9 Å². The van der Waals surface area contributed by atoms with Crippen molar-refractivity contribution in [3.05, 3.63) is 112 Å². The molecule has 0 radical (unpaired) electrons. The van der Waals surface area contributed by atoms with Gasteiger partial charge in [-0.05, 0) is 70.2 Å². The summed E-state index contributed by atoms with van der Waals surface area (Å²) >= 11 is 0. The van der Waals surface area contributed by atoms with Crippen LogP contribution in [0.2, 0.25) is 0 Å². The number of pyridine rings is 2. The molecule has 5 heteroatoms. The van der Waals surface area contributed by atoms with Crippen molar-refractivity contribution in [3.63, 3.8) is 0 Å². The Bertz CT molecular complexity index is 1330. The molecule has 2 aromatic heterocycles. The van der Waals surface area contributed by atoms with Crippen molar-refractivity contribution in [2.24, 2.45) is 0 Å². The number of hydrogen-bond acceptors (Lipinski definition) is 4. The predicted molar refractivity (Wildman–Crippen MR) is 170 cm³/mol. The normalized spacial score (nSPS) is 15.3. The number of rotatable bonds is 12. The van der Waals surface area contributed by atoms with Crippen LogP contribution in [0.3, 0.4) is 0 Å². The van der Waals surface area contributed by atoms with Crippen LogP contribution in [0, 0.1) is 12.7 Å². The number of halogens is 1. The lowest BCUT2D eigenvalue weighted by Crippen LogP contribution is -2.31. The lowest BCUT2D eigenvalue weighted by Gasteiger charge is -2.32. The van der Waals surface area contributed by atoms with E-state index in [1.54, 1.807) is 12.3 Å². The fraction of sp³-hybridized carbons (Fsp3) is 0.371. The molecule has 0 saturated carbocycles. The Kier molecular flexibility index (Phi) is 12.1. The van der Waals surface area contributed by atoms with E-state index in [1.165, 1.54) is 23.3 Å². The second-order valence-electron chi connectivity index (χ2n) is 10.3. The minimum atomic E-state index is -0.327. The maximum Gasteiger partial charge on any atom is 0.149 e. The minimum absolute atomic E-state index is 0.327. The van der Waals surface area contributed by atoms with Gasteiger partial charge >= 0.3 is 0 Å². The van der Waals surface area contributed by atoms with Crippen LogP contribution in [0.15, 0.2) is 89.9 Å². The largest absolute Gasteiger partial charge is 0.367 e. The third-order valence-electron chi connectivity index (χ3n) is 7.07. The van der Waals surface area contributed by atoms with E-state index in [9.17, 15) is 0 Å². The molecule has 0 amide bonds. The first-order chi connectivity index (χ1) is 19.4. The average molecular weight is 541 g/mol. The maximum absolute atomic E-state index is 15.2. The number of hydrogen-bond donors (Lipinski definition) is 1. The standard InChI is InChI=1S/C35H45FN4/c1-7-10-11-12-13-16-31-25-40(20-18-27(31)5)33-17-19-37-35(28(33)6)39-24-29-22-32(36)34(38-23-29)30(15-9-3)21-26(4)14-8-2/h9,11-17,19,21-23H,7-8,10,18,20,24-25H2,1-6H3,(H,37,39)/b12-11+,15-9-,16-13-,26-14+,30-21+. The molecule has 1 aliphatic rings. The minimum Gasteiger partial charge on any atom is -0.367 e. The van der Waals surface area contributed by atoms with E-state index >= 15 is 4.39 Å². The van der Waals surface area contributed by atoms with Crippen molar-refractivity contribution >= 4 is 17.1 Å². The Balaban J connectivity index is 1.73. The smallest absolute Gasteiger partial charge is 0.149 e. The molecule has 0 saturated heterocycles. The zero-order valence-corrected chi connectivity index (χ0v) is 25.1. The Morgan fingerprint density at radius 1 is 1.18 bits per heavy atom. The average Bonchev–Trinajstić information content (AvgIpc) is 2.93. The van der Waals surface area contributed by atoms with E-state index in [2.05, 4.69) is 84.3 Å². The fourth-order valence-electron chi connectivity index (χ4n) is 4.82. The van der Waals surface area contributed by atoms with E-state index in [0.717, 1.165) is 60.4 Å². The van der Waals surface area contributed by atoms with Crippen molar-refractivity contribution in [1.82, 2.24) is 9.97 Å². The van der Waals surface area contributed by atoms with Crippen LogP contribution in [-0.4, -0.2) is 23.1 Å². The van der Waals surface area contributed by atoms with Gasteiger partial charge in [0.1, 0.15) is 17.3 Å². The first-order valence-corrected chi connectivity index (χ1v) is 14.5. The molecule has 0 fully saturated rings. The van der Waals surface area contributed by atoms with Gasteiger partial charge in [0.15, 0.2) is 0 Å². The molecule has 0 aromatic carbocycles. The van der Waals surface area contributed by atoms with Gasteiger partial charge in [-0.15, -0.1) is 0 Å². The van der Waals surface area contributed by atoms with Crippen molar-refractivity contribution in [2.75, 3.05) is 23.3 Å². The van der Waals surface area contributed by atoms with E-state index in [0.29, 0.717) is 12.2 Å². The molecule has 3 heterocycles. The molecule has 40 heavy (non-hydrogen) atoms. The van der Waals surface area contributed by atoms with Gasteiger partial charge in [0.2, 0.25) is 0 Å². The lowest BCUT2D eigenvalue weighted by atomic mass is 10.00. The van der Waals surface area contributed by atoms with Crippen LogP contribution < -0.4 is 10.2 Å². The van der Waals surface area contributed by atoms with Gasteiger partial charge in [-0.3, -0.25) is 4.98 Å². The maximum atomic E-state index is 15.2. The number of nitrogens with one attached hydrogen (secondary N) is 1. The Hall–Kier alpha value is -3.73. The molecule has 2 aromatic rings. The van der Waals surface area contributed by atoms with Gasteiger partial charge in [0.25, 0.3) is 0 Å². The molecule has 3 rings (SSSR count). The SMILES string of the molecule is C\C=C/C(=C\C(C)=C\CC)c1ncc(CNc2nccc(N3CCC(C)=C(/C=C\C=C\CCC)C3)c2C)cc1F. The number of allylic oxidation sites excluding steroid dienone is 9. The molecular formula is C35H45FN4. The highest BCUT2D eigenvalue weighted by atomic mass is 19.1. The third kappa shape index (κ3) is 8.64. The summed E-state index contributed by atoms with van der Waals surface area (Å²) in [5, 5.41) is 3.42. The molecule has 0 bridgehead atoms. The summed E-state index contributed by atoms with van der Waals surface area (Å²) in [4.78, 5) is 11.5. The van der Waals surface area contributed by atoms with E-state index in [4.69, 9.17) is 0 Å². The topological polar surface area (TPSA) is 41.1 Å². The van der Waals surface area contributed by atoms with Gasteiger partial charge < -0.3 is 10.2 Å². The molecule has 0 unspecified atom stereocenters. The third-order valence-corrected chi connectivity index (χ3v) is 7.07. The summed E-state index contributed by atoms with van der Waals surface area (Å²) in [5.74, 6) is 0.481. The number of anilines is 2. The van der Waals surface area contributed by atoms with E-state index in [1.807, 2.05) is 38.3 Å². The summed E-state index contributed by atoms with van der Waals surface area (Å²) in [6.07, 6.45) is 24.5. The van der Waals surface area contributed by atoms with E-state index in [-0.39, 0.29) is 5.82 Å². The predicted octanol–water partition coefficient (Wildman–Crippen LogP) is 9.29. The molecular weight excluding hydrogens is 495 g/mol. The number of aromatic nitrogens is 2.